The largest absolute Gasteiger partial charge is 0.462 e. The molecule has 3 heterocycles. The number of carbonyl (C=O) groups excluding carboxylic acids is 1. The topological polar surface area (TPSA) is 92.2 Å². The lowest BCUT2D eigenvalue weighted by Gasteiger charge is -2.31. The fraction of sp³-hybridized carbons (Fsp3) is 0.455. The summed E-state index contributed by atoms with van der Waals surface area (Å²) in [6.07, 6.45) is 2.85. The summed E-state index contributed by atoms with van der Waals surface area (Å²) in [5.41, 5.74) is 8.92. The number of likely N-dealkylation sites (tertiary alicyclic amines) is 1. The molecule has 1 aromatic heterocycles. The summed E-state index contributed by atoms with van der Waals surface area (Å²) in [7, 11) is 1.67. The second-order valence-corrected chi connectivity index (χ2v) is 11.8. The summed E-state index contributed by atoms with van der Waals surface area (Å²) >= 11 is 6.52. The highest BCUT2D eigenvalue weighted by molar-refractivity contribution is 6.36. The average molecular weight is 658 g/mol. The molecule has 2 N–H and O–H groups in total. The van der Waals surface area contributed by atoms with Gasteiger partial charge in [-0.05, 0) is 50.9 Å². The number of hydrogen-bond acceptors (Lipinski definition) is 7. The molecule has 1 amide bonds. The third kappa shape index (κ3) is 8.39. The van der Waals surface area contributed by atoms with Crippen molar-refractivity contribution in [2.24, 2.45) is 0 Å². The summed E-state index contributed by atoms with van der Waals surface area (Å²) in [6.45, 7) is 11.6. The Morgan fingerprint density at radius 3 is 2.70 bits per heavy atom. The highest BCUT2D eigenvalue weighted by Gasteiger charge is 2.43. The second-order valence-electron chi connectivity index (χ2n) is 11.4. The Labute approximate surface area is 272 Å². The molecular formula is C33H39ClF3N7O2. The van der Waals surface area contributed by atoms with E-state index >= 15 is 0 Å². The number of halogens is 4. The maximum Gasteiger partial charge on any atom is 0.318 e. The molecule has 0 unspecified atom stereocenters. The molecule has 46 heavy (non-hydrogen) atoms. The lowest BCUT2D eigenvalue weighted by Crippen LogP contribution is -2.38. The molecule has 0 saturated carbocycles. The number of amides is 1. The molecule has 2 aliphatic rings. The number of nitrogens with zero attached hydrogens (tertiary/aromatic N) is 6. The van der Waals surface area contributed by atoms with Gasteiger partial charge in [-0.15, -0.1) is 0 Å². The van der Waals surface area contributed by atoms with Gasteiger partial charge in [-0.1, -0.05) is 35.9 Å². The van der Waals surface area contributed by atoms with Gasteiger partial charge in [-0.25, -0.2) is 19.7 Å². The molecule has 5 rings (SSSR count). The van der Waals surface area contributed by atoms with Crippen LogP contribution in [-0.2, 0) is 17.8 Å². The first kappa shape index (κ1) is 34.8. The molecule has 0 radical (unpaired) electrons. The number of nitrogen functional groups attached to an aromatic ring is 1. The minimum absolute atomic E-state index is 0.0902. The van der Waals surface area contributed by atoms with Crippen molar-refractivity contribution in [3.63, 3.8) is 0 Å². The number of likely N-dealkylation sites (N-methyl/N-ethyl adjacent to an activating group) is 2. The summed E-state index contributed by atoms with van der Waals surface area (Å²) in [5.74, 6) is -2.55. The van der Waals surface area contributed by atoms with Crippen LogP contribution in [0.15, 0.2) is 48.6 Å². The number of benzene rings is 2. The van der Waals surface area contributed by atoms with Crippen LogP contribution in [0.4, 0.5) is 24.7 Å². The summed E-state index contributed by atoms with van der Waals surface area (Å²) in [4.78, 5) is 28.9. The Kier molecular flexibility index (Phi) is 11.7. The molecule has 1 saturated heterocycles. The van der Waals surface area contributed by atoms with Crippen molar-refractivity contribution in [3.8, 4) is 6.01 Å². The maximum atomic E-state index is 13.6. The first-order valence-electron chi connectivity index (χ1n) is 15.1. The van der Waals surface area contributed by atoms with Gasteiger partial charge < -0.3 is 25.1 Å². The number of aromatic nitrogens is 2. The lowest BCUT2D eigenvalue weighted by molar-refractivity contribution is -0.127. The van der Waals surface area contributed by atoms with Gasteiger partial charge in [0.25, 0.3) is 5.92 Å². The number of anilines is 2. The maximum absolute atomic E-state index is 13.6. The number of fused-ring (bicyclic) bond motifs is 2. The van der Waals surface area contributed by atoms with Gasteiger partial charge in [0, 0.05) is 48.3 Å². The quantitative estimate of drug-likeness (QED) is 0.229. The van der Waals surface area contributed by atoms with Crippen molar-refractivity contribution in [2.45, 2.75) is 51.2 Å². The van der Waals surface area contributed by atoms with Crippen LogP contribution in [0.3, 0.4) is 0 Å². The van der Waals surface area contributed by atoms with Gasteiger partial charge in [0.05, 0.1) is 23.8 Å². The second kappa shape index (κ2) is 15.5. The van der Waals surface area contributed by atoms with Crippen molar-refractivity contribution in [1.29, 1.82) is 0 Å². The predicted molar refractivity (Wildman–Crippen MR) is 175 cm³/mol. The zero-order valence-corrected chi connectivity index (χ0v) is 27.0. The van der Waals surface area contributed by atoms with Crippen LogP contribution in [0.1, 0.15) is 31.5 Å². The fourth-order valence-electron chi connectivity index (χ4n) is 5.82. The van der Waals surface area contributed by atoms with Crippen molar-refractivity contribution < 1.29 is 22.7 Å². The number of nitrogens with two attached hydrogens (primary N) is 1. The summed E-state index contributed by atoms with van der Waals surface area (Å²) < 4.78 is 44.8. The van der Waals surface area contributed by atoms with Crippen LogP contribution in [-0.4, -0.2) is 90.2 Å². The molecule has 0 spiro atoms. The molecule has 2 atom stereocenters. The Hall–Kier alpha value is -4.08. The Bertz CT molecular complexity index is 1590. The third-order valence-corrected chi connectivity index (χ3v) is 8.47. The van der Waals surface area contributed by atoms with E-state index in [1.54, 1.807) is 16.8 Å². The van der Waals surface area contributed by atoms with Gasteiger partial charge in [-0.3, -0.25) is 9.69 Å². The number of ether oxygens (including phenoxy) is 1. The van der Waals surface area contributed by atoms with E-state index in [1.807, 2.05) is 44.2 Å². The number of alkyl halides is 3. The molecule has 9 nitrogen and oxygen atoms in total. The Morgan fingerprint density at radius 2 is 2.04 bits per heavy atom. The van der Waals surface area contributed by atoms with E-state index in [9.17, 15) is 18.0 Å². The minimum Gasteiger partial charge on any atom is -0.462 e. The Morgan fingerprint density at radius 1 is 1.30 bits per heavy atom. The fourth-order valence-corrected chi connectivity index (χ4v) is 6.10. The van der Waals surface area contributed by atoms with E-state index in [2.05, 4.69) is 25.8 Å². The SMILES string of the molecule is CN1CC(F)(F)C[C@H]1COc1nc(N)c2c(n1)CN(c1cccc3cccc(Cl)c13)CC2.[C-]#[N+]C[C@@H](C)N(CC)C(=O)/C=C/CF. The average Bonchev–Trinajstić information content (AvgIpc) is 3.30. The van der Waals surface area contributed by atoms with Crippen molar-refractivity contribution in [3.05, 3.63) is 76.2 Å². The smallest absolute Gasteiger partial charge is 0.318 e. The van der Waals surface area contributed by atoms with E-state index in [-0.39, 0.29) is 50.1 Å². The van der Waals surface area contributed by atoms with Crippen LogP contribution in [0.5, 0.6) is 6.01 Å². The van der Waals surface area contributed by atoms with Crippen molar-refractivity contribution in [1.82, 2.24) is 19.8 Å². The molecule has 3 aromatic rings. The van der Waals surface area contributed by atoms with Gasteiger partial charge in [0.15, 0.2) is 0 Å². The van der Waals surface area contributed by atoms with E-state index in [0.29, 0.717) is 30.4 Å². The van der Waals surface area contributed by atoms with Crippen LogP contribution >= 0.6 is 11.6 Å². The molecule has 13 heteroatoms. The van der Waals surface area contributed by atoms with Crippen LogP contribution in [0.2, 0.25) is 5.02 Å². The van der Waals surface area contributed by atoms with Crippen LogP contribution in [0, 0.1) is 6.57 Å². The first-order valence-corrected chi connectivity index (χ1v) is 15.5. The molecule has 2 aromatic carbocycles. The zero-order chi connectivity index (χ0) is 33.4. The van der Waals surface area contributed by atoms with Crippen molar-refractivity contribution >= 4 is 39.8 Å². The van der Waals surface area contributed by atoms with Crippen LogP contribution < -0.4 is 15.4 Å². The van der Waals surface area contributed by atoms with E-state index in [0.717, 1.165) is 34.3 Å². The van der Waals surface area contributed by atoms with E-state index in [1.165, 1.54) is 12.2 Å². The Balaban J connectivity index is 0.000000292. The zero-order valence-electron chi connectivity index (χ0n) is 26.2. The predicted octanol–water partition coefficient (Wildman–Crippen LogP) is 5.81. The highest BCUT2D eigenvalue weighted by Crippen LogP contribution is 2.36. The molecule has 0 bridgehead atoms. The lowest BCUT2D eigenvalue weighted by atomic mass is 10.0. The number of allylic oxidation sites excluding steroid dienone is 1. The highest BCUT2D eigenvalue weighted by atomic mass is 35.5. The van der Waals surface area contributed by atoms with E-state index in [4.69, 9.17) is 28.6 Å². The van der Waals surface area contributed by atoms with Gasteiger partial charge in [-0.2, -0.15) is 9.97 Å². The monoisotopic (exact) mass is 657 g/mol. The van der Waals surface area contributed by atoms with Gasteiger partial charge in [0.1, 0.15) is 25.1 Å². The molecular weight excluding hydrogens is 619 g/mol. The van der Waals surface area contributed by atoms with Crippen LogP contribution in [0.25, 0.3) is 15.6 Å². The third-order valence-electron chi connectivity index (χ3n) is 8.15. The van der Waals surface area contributed by atoms with Gasteiger partial charge in [0.2, 0.25) is 12.5 Å². The summed E-state index contributed by atoms with van der Waals surface area (Å²) in [6, 6.07) is 11.6. The number of carbonyl (C=O) groups is 1. The minimum atomic E-state index is -2.70. The van der Waals surface area contributed by atoms with E-state index < -0.39 is 12.6 Å². The number of rotatable bonds is 9. The normalized spacial score (nSPS) is 18.0. The molecule has 2 aliphatic heterocycles. The standard InChI is InChI=1S/C23H24ClF2N5O.C10H15FN2O/c1-30-13-23(25,26)10-15(30)12-32-22-28-18-11-31(9-8-16(18)21(27)29-22)19-7-3-5-14-4-2-6-17(24)20(14)19;1-4-13(9(2)8-12-3)10(14)6-5-7-11/h2-7,15H,8-13H2,1H3,(H2,27,28,29);5-6,9H,4,7-8H2,1-2H3/b;6-5+/t15-;9-/m01/s1. The summed E-state index contributed by atoms with van der Waals surface area (Å²) in [5, 5.41) is 2.78. The molecule has 1 fully saturated rings. The first-order chi connectivity index (χ1) is 22.0. The molecule has 0 aliphatic carbocycles. The molecule has 246 valence electrons. The number of hydrogen-bond donors (Lipinski definition) is 1. The van der Waals surface area contributed by atoms with Crippen molar-refractivity contribution in [2.75, 3.05) is 57.1 Å². The van der Waals surface area contributed by atoms with Gasteiger partial charge >= 0.3 is 6.01 Å².